The molecule has 5 heteroatoms. The molecule has 2 aliphatic rings. The number of likely N-dealkylation sites (N-methyl/N-ethyl adjacent to an activating group) is 1. The van der Waals surface area contributed by atoms with Crippen molar-refractivity contribution in [2.45, 2.75) is 4.75 Å². The van der Waals surface area contributed by atoms with Gasteiger partial charge in [-0.05, 0) is 24.5 Å². The summed E-state index contributed by atoms with van der Waals surface area (Å²) >= 11 is 1.53. The Labute approximate surface area is 126 Å². The van der Waals surface area contributed by atoms with Crippen molar-refractivity contribution in [3.8, 4) is 0 Å². The normalized spacial score (nSPS) is 22.5. The number of thioether (sulfide) groups is 1. The monoisotopic (exact) mass is 295 g/mol. The van der Waals surface area contributed by atoms with Gasteiger partial charge in [0.1, 0.15) is 11.7 Å². The number of hydrogen-bond acceptors (Lipinski definition) is 5. The summed E-state index contributed by atoms with van der Waals surface area (Å²) < 4.78 is -0.749. The van der Waals surface area contributed by atoms with Crippen LogP contribution in [0.5, 0.6) is 0 Å². The summed E-state index contributed by atoms with van der Waals surface area (Å²) in [7, 11) is 1.92. The number of aliphatic imine (C=N–C) groups is 1. The molecule has 0 saturated carbocycles. The fourth-order valence-electron chi connectivity index (χ4n) is 3.14. The molecule has 21 heavy (non-hydrogen) atoms. The molecular weight excluding hydrogens is 282 g/mol. The number of nitrogens with zero attached hydrogens (tertiary/aromatic N) is 3. The van der Waals surface area contributed by atoms with E-state index in [0.29, 0.717) is 11.4 Å². The summed E-state index contributed by atoms with van der Waals surface area (Å²) in [6, 6.07) is 11.5. The van der Waals surface area contributed by atoms with Crippen molar-refractivity contribution in [3.63, 3.8) is 0 Å². The predicted molar refractivity (Wildman–Crippen MR) is 85.7 cm³/mol. The molecule has 104 valence electrons. The van der Waals surface area contributed by atoms with Gasteiger partial charge in [-0.15, -0.1) is 11.8 Å². The van der Waals surface area contributed by atoms with Crippen LogP contribution in [-0.4, -0.2) is 29.9 Å². The van der Waals surface area contributed by atoms with Crippen LogP contribution >= 0.6 is 11.8 Å². The van der Waals surface area contributed by atoms with Crippen molar-refractivity contribution in [2.24, 2.45) is 4.99 Å². The van der Waals surface area contributed by atoms with Gasteiger partial charge in [0.05, 0.1) is 11.3 Å². The first kappa shape index (κ1) is 12.6. The molecule has 0 radical (unpaired) electrons. The maximum atomic E-state index is 13.2. The fraction of sp³-hybridized carbons (Fsp3) is 0.188. The van der Waals surface area contributed by atoms with Gasteiger partial charge in [0, 0.05) is 18.8 Å². The van der Waals surface area contributed by atoms with Crippen LogP contribution < -0.4 is 4.90 Å². The molecule has 0 spiro atoms. The van der Waals surface area contributed by atoms with E-state index in [4.69, 9.17) is 4.99 Å². The minimum atomic E-state index is -0.749. The number of aromatic nitrogens is 1. The minimum absolute atomic E-state index is 0.0694. The lowest BCUT2D eigenvalue weighted by Gasteiger charge is -2.38. The maximum absolute atomic E-state index is 13.2. The Morgan fingerprint density at radius 3 is 2.81 bits per heavy atom. The number of fused-ring (bicyclic) bond motifs is 4. The highest BCUT2D eigenvalue weighted by Gasteiger charge is 2.55. The van der Waals surface area contributed by atoms with Gasteiger partial charge >= 0.3 is 0 Å². The number of hydrogen-bond donors (Lipinski definition) is 0. The van der Waals surface area contributed by atoms with Crippen LogP contribution in [0.25, 0.3) is 0 Å². The number of amidine groups is 1. The van der Waals surface area contributed by atoms with E-state index in [1.807, 2.05) is 54.6 Å². The molecule has 2 aliphatic heterocycles. The molecule has 0 bridgehead atoms. The molecule has 1 aromatic heterocycles. The molecule has 1 aromatic carbocycles. The summed E-state index contributed by atoms with van der Waals surface area (Å²) in [4.78, 5) is 24.2. The smallest absolute Gasteiger partial charge is 0.194 e. The van der Waals surface area contributed by atoms with Gasteiger partial charge in [0.25, 0.3) is 0 Å². The Hall–Kier alpha value is -2.14. The number of benzene rings is 1. The standard InChI is InChI=1S/C16H13N3OS/c1-19-14-10(6-5-9-17-14)13(20)16(21-2)11-7-3-4-8-12(11)18-15(16)19/h3-9H,1-2H3. The molecule has 1 unspecified atom stereocenters. The first-order valence-corrected chi connectivity index (χ1v) is 7.90. The lowest BCUT2D eigenvalue weighted by atomic mass is 9.86. The molecule has 0 N–H and O–H groups in total. The summed E-state index contributed by atoms with van der Waals surface area (Å²) in [6.07, 6.45) is 3.67. The van der Waals surface area contributed by atoms with Crippen LogP contribution in [0.3, 0.4) is 0 Å². The van der Waals surface area contributed by atoms with Crippen LogP contribution in [0.2, 0.25) is 0 Å². The number of para-hydroxylation sites is 1. The number of Topliss-reactive ketones (excluding diaryl/α,β-unsaturated/α-hetero) is 1. The third kappa shape index (κ3) is 1.39. The van der Waals surface area contributed by atoms with Gasteiger partial charge in [0.15, 0.2) is 10.5 Å². The first-order valence-electron chi connectivity index (χ1n) is 6.67. The lowest BCUT2D eigenvalue weighted by Crippen LogP contribution is -2.51. The van der Waals surface area contributed by atoms with E-state index in [-0.39, 0.29) is 5.78 Å². The third-order valence-corrected chi connectivity index (χ3v) is 5.32. The van der Waals surface area contributed by atoms with Gasteiger partial charge in [-0.3, -0.25) is 4.79 Å². The van der Waals surface area contributed by atoms with Gasteiger partial charge in [-0.2, -0.15) is 0 Å². The number of pyridine rings is 1. The number of ketones is 1. The highest BCUT2D eigenvalue weighted by atomic mass is 32.2. The Morgan fingerprint density at radius 1 is 1.19 bits per heavy atom. The molecule has 2 aromatic rings. The quantitative estimate of drug-likeness (QED) is 0.811. The number of rotatable bonds is 1. The Bertz CT molecular complexity index is 802. The van der Waals surface area contributed by atoms with Crippen molar-refractivity contribution in [1.29, 1.82) is 0 Å². The molecule has 4 rings (SSSR count). The Balaban J connectivity index is 2.07. The van der Waals surface area contributed by atoms with Crippen LogP contribution in [0.15, 0.2) is 47.6 Å². The van der Waals surface area contributed by atoms with E-state index in [2.05, 4.69) is 4.98 Å². The molecule has 0 saturated heterocycles. The minimum Gasteiger partial charge on any atom is -0.315 e. The first-order chi connectivity index (χ1) is 10.2. The van der Waals surface area contributed by atoms with Crippen LogP contribution in [0.1, 0.15) is 15.9 Å². The largest absolute Gasteiger partial charge is 0.315 e. The zero-order valence-corrected chi connectivity index (χ0v) is 12.5. The van der Waals surface area contributed by atoms with Crippen LogP contribution in [0, 0.1) is 0 Å². The summed E-state index contributed by atoms with van der Waals surface area (Å²) in [5, 5.41) is 0. The van der Waals surface area contributed by atoms with Crippen molar-refractivity contribution in [2.75, 3.05) is 18.2 Å². The van der Waals surface area contributed by atoms with E-state index in [1.54, 1.807) is 6.20 Å². The maximum Gasteiger partial charge on any atom is 0.194 e. The second-order valence-corrected chi connectivity index (χ2v) is 6.12. The summed E-state index contributed by atoms with van der Waals surface area (Å²) in [5.74, 6) is 1.51. The zero-order chi connectivity index (χ0) is 14.6. The van der Waals surface area contributed by atoms with E-state index in [1.165, 1.54) is 11.8 Å². The van der Waals surface area contributed by atoms with Crippen LogP contribution in [0.4, 0.5) is 11.5 Å². The van der Waals surface area contributed by atoms with Crippen LogP contribution in [-0.2, 0) is 4.75 Å². The Morgan fingerprint density at radius 2 is 2.00 bits per heavy atom. The number of carbonyl (C=O) groups excluding carboxylic acids is 1. The molecule has 4 nitrogen and oxygen atoms in total. The SMILES string of the molecule is CSC12C(=O)c3cccnc3N(C)C1=Nc1ccccc12. The molecule has 0 aliphatic carbocycles. The van der Waals surface area contributed by atoms with E-state index in [0.717, 1.165) is 17.1 Å². The van der Waals surface area contributed by atoms with Crippen molar-refractivity contribution in [1.82, 2.24) is 4.98 Å². The molecule has 0 amide bonds. The van der Waals surface area contributed by atoms with E-state index < -0.39 is 4.75 Å². The highest BCUT2D eigenvalue weighted by molar-refractivity contribution is 8.01. The third-order valence-electron chi connectivity index (χ3n) is 4.12. The summed E-state index contributed by atoms with van der Waals surface area (Å²) in [5.41, 5.74) is 2.50. The highest BCUT2D eigenvalue weighted by Crippen LogP contribution is 2.52. The van der Waals surface area contributed by atoms with Crippen molar-refractivity contribution in [3.05, 3.63) is 53.7 Å². The summed E-state index contributed by atoms with van der Waals surface area (Å²) in [6.45, 7) is 0. The topological polar surface area (TPSA) is 45.6 Å². The fourth-order valence-corrected chi connectivity index (χ4v) is 4.20. The second-order valence-electron chi connectivity index (χ2n) is 5.10. The zero-order valence-electron chi connectivity index (χ0n) is 11.7. The van der Waals surface area contributed by atoms with E-state index in [9.17, 15) is 4.79 Å². The molecule has 3 heterocycles. The van der Waals surface area contributed by atoms with Crippen molar-refractivity contribution < 1.29 is 4.79 Å². The Kier molecular flexibility index (Phi) is 2.50. The second kappa shape index (κ2) is 4.18. The van der Waals surface area contributed by atoms with E-state index >= 15 is 0 Å². The molecule has 1 atom stereocenters. The van der Waals surface area contributed by atoms with Gasteiger partial charge in [-0.25, -0.2) is 9.98 Å². The van der Waals surface area contributed by atoms with Crippen molar-refractivity contribution >= 4 is 34.9 Å². The van der Waals surface area contributed by atoms with Gasteiger partial charge < -0.3 is 4.90 Å². The lowest BCUT2D eigenvalue weighted by molar-refractivity contribution is 0.0968. The average molecular weight is 295 g/mol. The average Bonchev–Trinajstić information content (AvgIpc) is 2.88. The molecular formula is C16H13N3OS. The predicted octanol–water partition coefficient (Wildman–Crippen LogP) is 3.02. The molecule has 0 fully saturated rings. The number of carbonyl (C=O) groups is 1. The van der Waals surface area contributed by atoms with Gasteiger partial charge in [0.2, 0.25) is 0 Å². The van der Waals surface area contributed by atoms with Gasteiger partial charge in [-0.1, -0.05) is 18.2 Å². The number of anilines is 1.